The first-order chi connectivity index (χ1) is 10.0. The predicted octanol–water partition coefficient (Wildman–Crippen LogP) is 3.89. The lowest BCUT2D eigenvalue weighted by molar-refractivity contribution is -0.128. The molecule has 0 spiro atoms. The highest BCUT2D eigenvalue weighted by Gasteiger charge is 2.31. The van der Waals surface area contributed by atoms with E-state index in [4.69, 9.17) is 4.74 Å². The summed E-state index contributed by atoms with van der Waals surface area (Å²) in [7, 11) is -1.21. The highest BCUT2D eigenvalue weighted by atomic mass is 28.3. The fourth-order valence-electron chi connectivity index (χ4n) is 1.81. The maximum absolute atomic E-state index is 12.5. The van der Waals surface area contributed by atoms with Gasteiger partial charge in [0, 0.05) is 27.3 Å². The Morgan fingerprint density at radius 3 is 2.50 bits per heavy atom. The van der Waals surface area contributed by atoms with Gasteiger partial charge in [-0.25, -0.2) is 4.68 Å². The number of alkyl halides is 3. The summed E-state index contributed by atoms with van der Waals surface area (Å²) in [5.41, 5.74) is -0.193. The smallest absolute Gasteiger partial charge is 0.360 e. The van der Waals surface area contributed by atoms with Gasteiger partial charge in [-0.1, -0.05) is 26.6 Å². The molecule has 4 nitrogen and oxygen atoms in total. The van der Waals surface area contributed by atoms with E-state index in [0.717, 1.165) is 6.04 Å². The van der Waals surface area contributed by atoms with Crippen LogP contribution in [0.15, 0.2) is 6.20 Å². The molecule has 0 radical (unpaired) electrons. The third kappa shape index (κ3) is 6.74. The van der Waals surface area contributed by atoms with Crippen molar-refractivity contribution in [3.8, 4) is 0 Å². The third-order valence-electron chi connectivity index (χ3n) is 3.05. The Balaban J connectivity index is 2.74. The first kappa shape index (κ1) is 18.9. The molecule has 1 aromatic rings. The van der Waals surface area contributed by atoms with Crippen LogP contribution in [0.3, 0.4) is 0 Å². The number of hydrogen-bond donors (Lipinski definition) is 0. The minimum Gasteiger partial charge on any atom is -0.360 e. The lowest BCUT2D eigenvalue weighted by atomic mass is 10.1. The van der Waals surface area contributed by atoms with Gasteiger partial charge in [-0.3, -0.25) is 4.79 Å². The number of carbonyl (C=O) groups excluding carboxylic acids is 1. The standard InChI is InChI=1S/C14H23F3N2O2Si/c1-5-13(20)11-9-19(10-21-6-7-22(2,3)4)18-12(11)8-14(15,16)17/h9H,5-8,10H2,1-4H3. The van der Waals surface area contributed by atoms with Crippen molar-refractivity contribution in [1.82, 2.24) is 9.78 Å². The largest absolute Gasteiger partial charge is 0.394 e. The molecule has 1 rings (SSSR count). The maximum Gasteiger partial charge on any atom is 0.394 e. The van der Waals surface area contributed by atoms with E-state index in [1.165, 1.54) is 10.9 Å². The van der Waals surface area contributed by atoms with Crippen molar-refractivity contribution in [3.63, 3.8) is 0 Å². The molecule has 8 heteroatoms. The molecule has 126 valence electrons. The quantitative estimate of drug-likeness (QED) is 0.411. The van der Waals surface area contributed by atoms with Crippen molar-refractivity contribution in [2.45, 2.75) is 58.4 Å². The Morgan fingerprint density at radius 2 is 2.00 bits per heavy atom. The molecule has 22 heavy (non-hydrogen) atoms. The van der Waals surface area contributed by atoms with Crippen molar-refractivity contribution in [2.75, 3.05) is 6.61 Å². The number of ether oxygens (including phenoxy) is 1. The van der Waals surface area contributed by atoms with E-state index in [1.807, 2.05) is 0 Å². The second-order valence-electron chi connectivity index (χ2n) is 6.45. The molecule has 1 aromatic heterocycles. The van der Waals surface area contributed by atoms with Crippen LogP contribution < -0.4 is 0 Å². The molecule has 0 aliphatic heterocycles. The Bertz CT molecular complexity index is 507. The molecule has 0 atom stereocenters. The fraction of sp³-hybridized carbons (Fsp3) is 0.714. The molecule has 0 aliphatic rings. The number of ketones is 1. The number of hydrogen-bond acceptors (Lipinski definition) is 3. The van der Waals surface area contributed by atoms with Crippen LogP contribution in [-0.2, 0) is 17.9 Å². The van der Waals surface area contributed by atoms with Gasteiger partial charge in [0.05, 0.1) is 17.7 Å². The van der Waals surface area contributed by atoms with Crippen LogP contribution in [0, 0.1) is 0 Å². The SMILES string of the molecule is CCC(=O)c1cn(COCC[Si](C)(C)C)nc1CC(F)(F)F. The molecule has 1 heterocycles. The second-order valence-corrected chi connectivity index (χ2v) is 12.1. The molecular weight excluding hydrogens is 313 g/mol. The number of nitrogens with zero attached hydrogens (tertiary/aromatic N) is 2. The maximum atomic E-state index is 12.5. The van der Waals surface area contributed by atoms with E-state index in [2.05, 4.69) is 24.7 Å². The zero-order valence-electron chi connectivity index (χ0n) is 13.5. The summed E-state index contributed by atoms with van der Waals surface area (Å²) in [5.74, 6) is -0.340. The van der Waals surface area contributed by atoms with E-state index < -0.39 is 20.7 Å². The summed E-state index contributed by atoms with van der Waals surface area (Å²) in [6, 6.07) is 0.963. The van der Waals surface area contributed by atoms with E-state index in [9.17, 15) is 18.0 Å². The third-order valence-corrected chi connectivity index (χ3v) is 4.75. The molecular formula is C14H23F3N2O2Si. The van der Waals surface area contributed by atoms with Gasteiger partial charge in [0.25, 0.3) is 0 Å². The molecule has 0 saturated heterocycles. The normalized spacial score (nSPS) is 12.7. The van der Waals surface area contributed by atoms with Crippen molar-refractivity contribution in [1.29, 1.82) is 0 Å². The van der Waals surface area contributed by atoms with Crippen LogP contribution in [0.2, 0.25) is 25.7 Å². The average molecular weight is 336 g/mol. The van der Waals surface area contributed by atoms with Gasteiger partial charge in [0.2, 0.25) is 0 Å². The van der Waals surface area contributed by atoms with Gasteiger partial charge in [0.15, 0.2) is 5.78 Å². The monoisotopic (exact) mass is 336 g/mol. The number of Topliss-reactive ketones (excluding diaryl/α,β-unsaturated/α-hetero) is 1. The Kier molecular flexibility index (Phi) is 6.36. The summed E-state index contributed by atoms with van der Waals surface area (Å²) >= 11 is 0. The van der Waals surface area contributed by atoms with Gasteiger partial charge < -0.3 is 4.74 Å². The van der Waals surface area contributed by atoms with Crippen LogP contribution in [0.5, 0.6) is 0 Å². The number of carbonyl (C=O) groups is 1. The van der Waals surface area contributed by atoms with Crippen LogP contribution in [-0.4, -0.2) is 36.4 Å². The topological polar surface area (TPSA) is 44.1 Å². The van der Waals surface area contributed by atoms with Gasteiger partial charge in [-0.15, -0.1) is 0 Å². The van der Waals surface area contributed by atoms with Crippen LogP contribution in [0.1, 0.15) is 29.4 Å². The highest BCUT2D eigenvalue weighted by molar-refractivity contribution is 6.76. The first-order valence-electron chi connectivity index (χ1n) is 7.26. The predicted molar refractivity (Wildman–Crippen MR) is 80.7 cm³/mol. The Hall–Kier alpha value is -1.15. The van der Waals surface area contributed by atoms with E-state index >= 15 is 0 Å². The zero-order chi connectivity index (χ0) is 17.0. The summed E-state index contributed by atoms with van der Waals surface area (Å²) in [6.07, 6.45) is -4.09. The lowest BCUT2D eigenvalue weighted by Gasteiger charge is -2.15. The average Bonchev–Trinajstić information content (AvgIpc) is 2.73. The van der Waals surface area contributed by atoms with E-state index in [-0.39, 0.29) is 30.2 Å². The van der Waals surface area contributed by atoms with Crippen molar-refractivity contribution in [2.24, 2.45) is 0 Å². The highest BCUT2D eigenvalue weighted by Crippen LogP contribution is 2.23. The second kappa shape index (κ2) is 7.41. The number of aromatic nitrogens is 2. The molecule has 0 amide bonds. The summed E-state index contributed by atoms with van der Waals surface area (Å²) < 4.78 is 44.4. The minimum absolute atomic E-state index is 0.0358. The van der Waals surface area contributed by atoms with E-state index in [0.29, 0.717) is 6.61 Å². The Labute approximate surface area is 129 Å². The minimum atomic E-state index is -4.39. The molecule has 0 bridgehead atoms. The lowest BCUT2D eigenvalue weighted by Crippen LogP contribution is -2.22. The van der Waals surface area contributed by atoms with Crippen LogP contribution >= 0.6 is 0 Å². The summed E-state index contributed by atoms with van der Waals surface area (Å²) in [5, 5.41) is 3.86. The van der Waals surface area contributed by atoms with Crippen molar-refractivity contribution in [3.05, 3.63) is 17.5 Å². The molecule has 0 N–H and O–H groups in total. The molecule has 0 aromatic carbocycles. The summed E-state index contributed by atoms with van der Waals surface area (Å²) in [4.78, 5) is 11.7. The van der Waals surface area contributed by atoms with Crippen molar-refractivity contribution >= 4 is 13.9 Å². The van der Waals surface area contributed by atoms with Gasteiger partial charge >= 0.3 is 6.18 Å². The van der Waals surface area contributed by atoms with Gasteiger partial charge in [-0.05, 0) is 6.04 Å². The number of rotatable bonds is 8. The molecule has 0 fully saturated rings. The summed E-state index contributed by atoms with van der Waals surface area (Å²) in [6.45, 7) is 8.85. The molecule has 0 aliphatic carbocycles. The van der Waals surface area contributed by atoms with Crippen LogP contribution in [0.4, 0.5) is 13.2 Å². The van der Waals surface area contributed by atoms with Crippen molar-refractivity contribution < 1.29 is 22.7 Å². The fourth-order valence-corrected chi connectivity index (χ4v) is 2.56. The molecule has 0 unspecified atom stereocenters. The number of halogens is 3. The van der Waals surface area contributed by atoms with Crippen LogP contribution in [0.25, 0.3) is 0 Å². The Morgan fingerprint density at radius 1 is 1.36 bits per heavy atom. The first-order valence-corrected chi connectivity index (χ1v) is 11.0. The van der Waals surface area contributed by atoms with Gasteiger partial charge in [-0.2, -0.15) is 18.3 Å². The zero-order valence-corrected chi connectivity index (χ0v) is 14.5. The van der Waals surface area contributed by atoms with E-state index in [1.54, 1.807) is 6.92 Å². The van der Waals surface area contributed by atoms with Gasteiger partial charge in [0.1, 0.15) is 6.73 Å². The molecule has 0 saturated carbocycles.